The van der Waals surface area contributed by atoms with E-state index in [-0.39, 0.29) is 10.4 Å². The van der Waals surface area contributed by atoms with E-state index in [1.54, 1.807) is 0 Å². The van der Waals surface area contributed by atoms with Crippen LogP contribution in [-0.4, -0.2) is 52.9 Å². The smallest absolute Gasteiger partial charge is 0.406 e. The number of carbonyl (C=O) groups excluding carboxylic acids is 1. The van der Waals surface area contributed by atoms with Crippen molar-refractivity contribution in [2.24, 2.45) is 0 Å². The highest BCUT2D eigenvalue weighted by atomic mass is 32.1. The monoisotopic (exact) mass is 323 g/mol. The van der Waals surface area contributed by atoms with Gasteiger partial charge < -0.3 is 15.1 Å². The van der Waals surface area contributed by atoms with Crippen molar-refractivity contribution in [1.82, 2.24) is 4.90 Å². The molecule has 116 valence electrons. The highest BCUT2D eigenvalue weighted by molar-refractivity contribution is 7.12. The van der Waals surface area contributed by atoms with Gasteiger partial charge >= 0.3 is 12.1 Å². The van der Waals surface area contributed by atoms with Crippen LogP contribution in [0.15, 0.2) is 17.5 Å². The minimum absolute atomic E-state index is 0.00907. The number of hydrogen-bond donors (Lipinski definition) is 2. The normalized spacial score (nSPS) is 11.8. The summed E-state index contributed by atoms with van der Waals surface area (Å²) in [4.78, 5) is 23.0. The zero-order valence-electron chi connectivity index (χ0n) is 10.6. The van der Waals surface area contributed by atoms with Crippen molar-refractivity contribution in [2.75, 3.05) is 19.7 Å². The summed E-state index contributed by atoms with van der Waals surface area (Å²) in [6.45, 7) is -2.54. The third-order valence-corrected chi connectivity index (χ3v) is 3.24. The molecule has 0 aliphatic carbocycles. The summed E-state index contributed by atoms with van der Waals surface area (Å²) in [5, 5.41) is 18.8. The predicted molar refractivity (Wildman–Crippen MR) is 70.0 cm³/mol. The number of aliphatic hydroxyl groups is 1. The van der Waals surface area contributed by atoms with Crippen LogP contribution in [0.2, 0.25) is 0 Å². The summed E-state index contributed by atoms with van der Waals surface area (Å²) in [7, 11) is 0. The first-order valence-electron chi connectivity index (χ1n) is 5.70. The van der Waals surface area contributed by atoms with Crippen molar-refractivity contribution in [2.45, 2.75) is 6.18 Å². The molecule has 0 fully saturated rings. The molecule has 0 atom stereocenters. The first kappa shape index (κ1) is 17.2. The van der Waals surface area contributed by atoms with Crippen LogP contribution in [0.25, 0.3) is 6.08 Å². The number of alkyl halides is 3. The fraction of sp³-hybridized carbons (Fsp3) is 0.333. The maximum absolute atomic E-state index is 12.4. The van der Waals surface area contributed by atoms with Crippen molar-refractivity contribution in [3.8, 4) is 0 Å². The number of carboxylic acids is 1. The molecule has 1 amide bonds. The van der Waals surface area contributed by atoms with Gasteiger partial charge in [-0.05, 0) is 23.1 Å². The Morgan fingerprint density at radius 2 is 2.05 bits per heavy atom. The lowest BCUT2D eigenvalue weighted by atomic mass is 10.2. The lowest BCUT2D eigenvalue weighted by Gasteiger charge is -2.22. The number of hydrogen-bond acceptors (Lipinski definition) is 4. The van der Waals surface area contributed by atoms with E-state index in [9.17, 15) is 22.8 Å². The Hall–Kier alpha value is -1.87. The molecule has 1 aromatic rings. The number of halogens is 3. The van der Waals surface area contributed by atoms with Crippen LogP contribution in [0.3, 0.4) is 0 Å². The van der Waals surface area contributed by atoms with Gasteiger partial charge in [0, 0.05) is 12.6 Å². The Kier molecular flexibility index (Phi) is 5.91. The molecular formula is C12H12F3NO4S. The highest BCUT2D eigenvalue weighted by Gasteiger charge is 2.33. The molecule has 21 heavy (non-hydrogen) atoms. The van der Waals surface area contributed by atoms with E-state index >= 15 is 0 Å². The molecule has 0 spiro atoms. The zero-order valence-corrected chi connectivity index (χ0v) is 11.4. The lowest BCUT2D eigenvalue weighted by molar-refractivity contribution is -0.141. The highest BCUT2D eigenvalue weighted by Crippen LogP contribution is 2.23. The van der Waals surface area contributed by atoms with Gasteiger partial charge in [0.25, 0.3) is 5.91 Å². The Labute approximate surface area is 121 Å². The van der Waals surface area contributed by atoms with E-state index < -0.39 is 37.7 Å². The van der Waals surface area contributed by atoms with E-state index in [0.29, 0.717) is 4.90 Å². The molecular weight excluding hydrogens is 311 g/mol. The summed E-state index contributed by atoms with van der Waals surface area (Å²) in [5.41, 5.74) is 0.220. The fourth-order valence-corrected chi connectivity index (χ4v) is 2.37. The van der Waals surface area contributed by atoms with Crippen LogP contribution in [0.4, 0.5) is 13.2 Å². The number of thiophene rings is 1. The van der Waals surface area contributed by atoms with Crippen LogP contribution in [0.1, 0.15) is 15.2 Å². The second-order valence-corrected chi connectivity index (χ2v) is 4.86. The predicted octanol–water partition coefficient (Wildman–Crippen LogP) is 1.84. The molecule has 1 heterocycles. The number of carbonyl (C=O) groups is 2. The van der Waals surface area contributed by atoms with Crippen LogP contribution in [0.5, 0.6) is 0 Å². The van der Waals surface area contributed by atoms with E-state index in [2.05, 4.69) is 0 Å². The minimum atomic E-state index is -4.58. The molecule has 0 unspecified atom stereocenters. The molecule has 0 saturated heterocycles. The number of aliphatic hydroxyl groups excluding tert-OH is 1. The summed E-state index contributed by atoms with van der Waals surface area (Å²) < 4.78 is 37.3. The minimum Gasteiger partial charge on any atom is -0.478 e. The number of rotatable bonds is 6. The molecule has 0 bridgehead atoms. The molecule has 0 radical (unpaired) electrons. The molecule has 0 aliphatic heterocycles. The van der Waals surface area contributed by atoms with Gasteiger partial charge in [0.1, 0.15) is 6.54 Å². The Balaban J connectivity index is 2.99. The van der Waals surface area contributed by atoms with Crippen LogP contribution >= 0.6 is 11.3 Å². The molecule has 0 aromatic carbocycles. The number of nitrogens with zero attached hydrogens (tertiary/aromatic N) is 1. The van der Waals surface area contributed by atoms with Crippen molar-refractivity contribution in [3.05, 3.63) is 28.0 Å². The average molecular weight is 323 g/mol. The van der Waals surface area contributed by atoms with Gasteiger partial charge in [-0.1, -0.05) is 0 Å². The van der Waals surface area contributed by atoms with Gasteiger partial charge in [-0.2, -0.15) is 13.2 Å². The van der Waals surface area contributed by atoms with E-state index in [0.717, 1.165) is 23.5 Å². The van der Waals surface area contributed by atoms with Gasteiger partial charge in [-0.15, -0.1) is 11.3 Å². The van der Waals surface area contributed by atoms with Crippen molar-refractivity contribution in [1.29, 1.82) is 0 Å². The van der Waals surface area contributed by atoms with Crippen LogP contribution < -0.4 is 0 Å². The Morgan fingerprint density at radius 3 is 2.57 bits per heavy atom. The third kappa shape index (κ3) is 5.56. The van der Waals surface area contributed by atoms with Gasteiger partial charge in [-0.25, -0.2) is 4.79 Å². The second-order valence-electron chi connectivity index (χ2n) is 3.94. The summed E-state index contributed by atoms with van der Waals surface area (Å²) in [5.74, 6) is -2.14. The average Bonchev–Trinajstić information content (AvgIpc) is 2.81. The molecule has 0 saturated carbocycles. The summed E-state index contributed by atoms with van der Waals surface area (Å²) in [6, 6.07) is 1.43. The van der Waals surface area contributed by atoms with Crippen molar-refractivity contribution < 1.29 is 33.0 Å². The number of carboxylic acid groups (broad SMARTS) is 1. The third-order valence-electron chi connectivity index (χ3n) is 2.32. The van der Waals surface area contributed by atoms with Crippen LogP contribution in [0, 0.1) is 0 Å². The number of amides is 1. The quantitative estimate of drug-likeness (QED) is 0.783. The van der Waals surface area contributed by atoms with Crippen LogP contribution in [-0.2, 0) is 4.79 Å². The summed E-state index contributed by atoms with van der Waals surface area (Å²) >= 11 is 0.905. The van der Waals surface area contributed by atoms with Gasteiger partial charge in [0.05, 0.1) is 11.5 Å². The van der Waals surface area contributed by atoms with Gasteiger partial charge in [0.2, 0.25) is 0 Å². The number of aliphatic carboxylic acids is 1. The topological polar surface area (TPSA) is 77.8 Å². The SMILES string of the molecule is O=C(O)/C=C/c1ccsc1C(=O)N(CCO)CC(F)(F)F. The standard InChI is InChI=1S/C12H12F3NO4S/c13-12(14,15)7-16(4-5-17)11(20)10-8(3-6-21-10)1-2-9(18)19/h1-3,6,17H,4-5,7H2,(H,18,19)/b2-1+. The Bertz CT molecular complexity index is 539. The molecule has 1 aromatic heterocycles. The van der Waals surface area contributed by atoms with Gasteiger partial charge in [-0.3, -0.25) is 4.79 Å². The van der Waals surface area contributed by atoms with E-state index in [1.807, 2.05) is 0 Å². The molecule has 0 aliphatic rings. The molecule has 1 rings (SSSR count). The zero-order chi connectivity index (χ0) is 16.0. The summed E-state index contributed by atoms with van der Waals surface area (Å²) in [6.07, 6.45) is -2.66. The molecule has 9 heteroatoms. The van der Waals surface area contributed by atoms with E-state index in [4.69, 9.17) is 10.2 Å². The molecule has 2 N–H and O–H groups in total. The van der Waals surface area contributed by atoms with Crippen molar-refractivity contribution >= 4 is 29.3 Å². The van der Waals surface area contributed by atoms with Gasteiger partial charge in [0.15, 0.2) is 0 Å². The fourth-order valence-electron chi connectivity index (χ4n) is 1.52. The van der Waals surface area contributed by atoms with E-state index in [1.165, 1.54) is 11.4 Å². The first-order valence-corrected chi connectivity index (χ1v) is 6.58. The molecule has 5 nitrogen and oxygen atoms in total. The lowest BCUT2D eigenvalue weighted by Crippen LogP contribution is -2.40. The maximum atomic E-state index is 12.4. The Morgan fingerprint density at radius 1 is 1.38 bits per heavy atom. The second kappa shape index (κ2) is 7.23. The first-order chi connectivity index (χ1) is 9.74. The van der Waals surface area contributed by atoms with Crippen molar-refractivity contribution in [3.63, 3.8) is 0 Å². The largest absolute Gasteiger partial charge is 0.478 e. The maximum Gasteiger partial charge on any atom is 0.406 e.